The number of alkyl halides is 3. The molecule has 0 radical (unpaired) electrons. The summed E-state index contributed by atoms with van der Waals surface area (Å²) < 4.78 is 36.6. The van der Waals surface area contributed by atoms with Crippen molar-refractivity contribution in [1.82, 2.24) is 9.80 Å². The second-order valence-corrected chi connectivity index (χ2v) is 5.00. The number of aliphatic hydroxyl groups is 1. The number of hydrogen-bond acceptors (Lipinski definition) is 3. The molecule has 4 nitrogen and oxygen atoms in total. The molecule has 0 bridgehead atoms. The summed E-state index contributed by atoms with van der Waals surface area (Å²) in [6.07, 6.45) is -0.935. The van der Waals surface area contributed by atoms with E-state index in [4.69, 9.17) is 5.11 Å². The van der Waals surface area contributed by atoms with E-state index in [1.54, 1.807) is 0 Å². The highest BCUT2D eigenvalue weighted by atomic mass is 19.4. The first-order valence-corrected chi connectivity index (χ1v) is 6.49. The Bertz CT molecular complexity index is 295. The molecular formula is C12H21F3N2O2. The van der Waals surface area contributed by atoms with Gasteiger partial charge in [0.25, 0.3) is 0 Å². The van der Waals surface area contributed by atoms with Crippen molar-refractivity contribution in [3.8, 4) is 0 Å². The number of amides is 1. The molecule has 1 amide bonds. The van der Waals surface area contributed by atoms with Crippen LogP contribution in [0.2, 0.25) is 0 Å². The van der Waals surface area contributed by atoms with E-state index < -0.39 is 18.6 Å². The maximum absolute atomic E-state index is 12.2. The molecule has 0 unspecified atom stereocenters. The standard InChI is InChI=1S/C12H21F3N2O2/c1-16(9-12(13,14)15)11(19)8-17-6-3-2-4-10(17)5-7-18/h10,18H,2-9H2,1H3/t10-/m0/s1. The average molecular weight is 282 g/mol. The highest BCUT2D eigenvalue weighted by Crippen LogP contribution is 2.20. The van der Waals surface area contributed by atoms with Gasteiger partial charge in [0.05, 0.1) is 6.54 Å². The molecule has 1 aliphatic heterocycles. The van der Waals surface area contributed by atoms with Crippen molar-refractivity contribution in [3.63, 3.8) is 0 Å². The van der Waals surface area contributed by atoms with Gasteiger partial charge >= 0.3 is 6.18 Å². The third-order valence-corrected chi connectivity index (χ3v) is 3.39. The van der Waals surface area contributed by atoms with Crippen LogP contribution in [0.3, 0.4) is 0 Å². The van der Waals surface area contributed by atoms with E-state index in [1.165, 1.54) is 7.05 Å². The van der Waals surface area contributed by atoms with Crippen LogP contribution in [-0.4, -0.2) is 66.3 Å². The molecule has 19 heavy (non-hydrogen) atoms. The van der Waals surface area contributed by atoms with Gasteiger partial charge in [-0.05, 0) is 25.8 Å². The Morgan fingerprint density at radius 2 is 2.11 bits per heavy atom. The maximum Gasteiger partial charge on any atom is 0.406 e. The Morgan fingerprint density at radius 1 is 1.42 bits per heavy atom. The van der Waals surface area contributed by atoms with Crippen molar-refractivity contribution in [2.45, 2.75) is 37.9 Å². The van der Waals surface area contributed by atoms with Crippen LogP contribution in [0.5, 0.6) is 0 Å². The molecule has 0 aromatic carbocycles. The third kappa shape index (κ3) is 5.78. The van der Waals surface area contributed by atoms with Crippen molar-refractivity contribution in [2.24, 2.45) is 0 Å². The fourth-order valence-corrected chi connectivity index (χ4v) is 2.40. The Hall–Kier alpha value is -0.820. The van der Waals surface area contributed by atoms with Crippen LogP contribution in [-0.2, 0) is 4.79 Å². The zero-order chi connectivity index (χ0) is 14.5. The predicted octanol–water partition coefficient (Wildman–Crippen LogP) is 1.24. The summed E-state index contributed by atoms with van der Waals surface area (Å²) in [5, 5.41) is 8.96. The van der Waals surface area contributed by atoms with Gasteiger partial charge in [0.15, 0.2) is 0 Å². The molecule has 1 N–H and O–H groups in total. The summed E-state index contributed by atoms with van der Waals surface area (Å²) >= 11 is 0. The lowest BCUT2D eigenvalue weighted by molar-refractivity contribution is -0.159. The summed E-state index contributed by atoms with van der Waals surface area (Å²) in [5.41, 5.74) is 0. The van der Waals surface area contributed by atoms with Gasteiger partial charge in [0, 0.05) is 19.7 Å². The molecule has 0 saturated carbocycles. The molecular weight excluding hydrogens is 261 g/mol. The molecule has 1 aliphatic rings. The van der Waals surface area contributed by atoms with Gasteiger partial charge in [-0.1, -0.05) is 6.42 Å². The van der Waals surface area contributed by atoms with Gasteiger partial charge in [-0.2, -0.15) is 13.2 Å². The summed E-state index contributed by atoms with van der Waals surface area (Å²) in [6.45, 7) is -0.481. The molecule has 1 rings (SSSR count). The molecule has 1 atom stereocenters. The number of aliphatic hydroxyl groups excluding tert-OH is 1. The highest BCUT2D eigenvalue weighted by Gasteiger charge is 2.32. The summed E-state index contributed by atoms with van der Waals surface area (Å²) in [6, 6.07) is 0.0991. The lowest BCUT2D eigenvalue weighted by atomic mass is 9.99. The van der Waals surface area contributed by atoms with Crippen LogP contribution in [0.4, 0.5) is 13.2 Å². The normalized spacial score (nSPS) is 21.4. The minimum absolute atomic E-state index is 0.00273. The van der Waals surface area contributed by atoms with E-state index in [0.717, 1.165) is 19.3 Å². The summed E-state index contributed by atoms with van der Waals surface area (Å²) in [7, 11) is 1.17. The topological polar surface area (TPSA) is 43.8 Å². The van der Waals surface area contributed by atoms with Crippen LogP contribution in [0.15, 0.2) is 0 Å². The van der Waals surface area contributed by atoms with Crippen molar-refractivity contribution in [1.29, 1.82) is 0 Å². The van der Waals surface area contributed by atoms with E-state index in [1.807, 2.05) is 4.90 Å². The zero-order valence-corrected chi connectivity index (χ0v) is 11.1. The van der Waals surface area contributed by atoms with E-state index in [2.05, 4.69) is 0 Å². The molecule has 0 aromatic heterocycles. The molecule has 7 heteroatoms. The number of rotatable bonds is 5. The lowest BCUT2D eigenvalue weighted by Gasteiger charge is -2.35. The Kier molecular flexibility index (Phi) is 6.06. The summed E-state index contributed by atoms with van der Waals surface area (Å²) in [4.78, 5) is 14.4. The van der Waals surface area contributed by atoms with Crippen molar-refractivity contribution >= 4 is 5.91 Å². The summed E-state index contributed by atoms with van der Waals surface area (Å²) in [5.74, 6) is -0.526. The van der Waals surface area contributed by atoms with Crippen molar-refractivity contribution in [2.75, 3.05) is 33.3 Å². The first-order chi connectivity index (χ1) is 8.83. The van der Waals surface area contributed by atoms with Gasteiger partial charge in [-0.15, -0.1) is 0 Å². The number of likely N-dealkylation sites (tertiary alicyclic amines) is 1. The number of carbonyl (C=O) groups excluding carboxylic acids is 1. The average Bonchev–Trinajstić information content (AvgIpc) is 2.29. The molecule has 1 heterocycles. The second kappa shape index (κ2) is 7.09. The van der Waals surface area contributed by atoms with Gasteiger partial charge in [0.2, 0.25) is 5.91 Å². The Labute approximate surface area is 111 Å². The van der Waals surface area contributed by atoms with Gasteiger partial charge in [-0.25, -0.2) is 0 Å². The lowest BCUT2D eigenvalue weighted by Crippen LogP contribution is -2.47. The van der Waals surface area contributed by atoms with Crippen LogP contribution >= 0.6 is 0 Å². The molecule has 0 aromatic rings. The zero-order valence-electron chi connectivity index (χ0n) is 11.1. The smallest absolute Gasteiger partial charge is 0.396 e. The number of likely N-dealkylation sites (N-methyl/N-ethyl adjacent to an activating group) is 1. The fourth-order valence-electron chi connectivity index (χ4n) is 2.40. The van der Waals surface area contributed by atoms with E-state index in [0.29, 0.717) is 17.9 Å². The molecule has 1 fully saturated rings. The molecule has 0 spiro atoms. The number of halogens is 3. The van der Waals surface area contributed by atoms with Crippen molar-refractivity contribution < 1.29 is 23.1 Å². The fraction of sp³-hybridized carbons (Fsp3) is 0.917. The predicted molar refractivity (Wildman–Crippen MR) is 64.6 cm³/mol. The quantitative estimate of drug-likeness (QED) is 0.825. The molecule has 0 aliphatic carbocycles. The minimum Gasteiger partial charge on any atom is -0.396 e. The number of hydrogen-bond donors (Lipinski definition) is 1. The van der Waals surface area contributed by atoms with E-state index in [-0.39, 0.29) is 19.2 Å². The SMILES string of the molecule is CN(CC(F)(F)F)C(=O)CN1CCCC[C@H]1CCO. The van der Waals surface area contributed by atoms with Gasteiger partial charge in [-0.3, -0.25) is 9.69 Å². The second-order valence-electron chi connectivity index (χ2n) is 5.00. The van der Waals surface area contributed by atoms with Gasteiger partial charge < -0.3 is 10.0 Å². The largest absolute Gasteiger partial charge is 0.406 e. The Balaban J connectivity index is 2.49. The highest BCUT2D eigenvalue weighted by molar-refractivity contribution is 5.78. The molecule has 112 valence electrons. The van der Waals surface area contributed by atoms with Crippen LogP contribution in [0, 0.1) is 0 Å². The maximum atomic E-state index is 12.2. The number of nitrogens with zero attached hydrogens (tertiary/aromatic N) is 2. The monoisotopic (exact) mass is 282 g/mol. The van der Waals surface area contributed by atoms with Gasteiger partial charge in [0.1, 0.15) is 6.54 Å². The van der Waals surface area contributed by atoms with Crippen LogP contribution < -0.4 is 0 Å². The minimum atomic E-state index is -4.36. The Morgan fingerprint density at radius 3 is 2.68 bits per heavy atom. The first-order valence-electron chi connectivity index (χ1n) is 6.49. The molecule has 1 saturated heterocycles. The van der Waals surface area contributed by atoms with E-state index >= 15 is 0 Å². The number of piperidine rings is 1. The number of carbonyl (C=O) groups is 1. The van der Waals surface area contributed by atoms with Crippen LogP contribution in [0.1, 0.15) is 25.7 Å². The third-order valence-electron chi connectivity index (χ3n) is 3.39. The van der Waals surface area contributed by atoms with Crippen molar-refractivity contribution in [3.05, 3.63) is 0 Å². The van der Waals surface area contributed by atoms with E-state index in [9.17, 15) is 18.0 Å². The van der Waals surface area contributed by atoms with Crippen LogP contribution in [0.25, 0.3) is 0 Å². The first kappa shape index (κ1) is 16.2.